The summed E-state index contributed by atoms with van der Waals surface area (Å²) < 4.78 is 0. The highest BCUT2D eigenvalue weighted by molar-refractivity contribution is 6.31. The molecule has 0 amide bonds. The molecule has 0 bridgehead atoms. The summed E-state index contributed by atoms with van der Waals surface area (Å²) in [6, 6.07) is 6.65. The molecule has 0 aromatic heterocycles. The maximum atomic E-state index is 6.11. The summed E-state index contributed by atoms with van der Waals surface area (Å²) in [6.07, 6.45) is 2.42. The molecule has 2 rings (SSSR count). The highest BCUT2D eigenvalue weighted by Gasteiger charge is 2.16. The van der Waals surface area contributed by atoms with Crippen molar-refractivity contribution in [2.45, 2.75) is 25.8 Å². The standard InChI is InChI=1S/C13H19ClN2/c1-10-12(14)4-3-5-13(10)15-11-6-8-16(2)9-7-11/h3-5,11,15H,6-9H2,1-2H3. The first kappa shape index (κ1) is 11.7. The van der Waals surface area contributed by atoms with Gasteiger partial charge in [-0.3, -0.25) is 0 Å². The van der Waals surface area contributed by atoms with Gasteiger partial charge < -0.3 is 10.2 Å². The van der Waals surface area contributed by atoms with Crippen molar-refractivity contribution in [2.24, 2.45) is 0 Å². The van der Waals surface area contributed by atoms with Crippen LogP contribution in [0.3, 0.4) is 0 Å². The Balaban J connectivity index is 2.01. The average Bonchev–Trinajstić information content (AvgIpc) is 2.28. The van der Waals surface area contributed by atoms with Crippen molar-refractivity contribution < 1.29 is 0 Å². The van der Waals surface area contributed by atoms with Gasteiger partial charge in [-0.25, -0.2) is 0 Å². The molecule has 1 N–H and O–H groups in total. The lowest BCUT2D eigenvalue weighted by atomic mass is 10.0. The monoisotopic (exact) mass is 238 g/mol. The third kappa shape index (κ3) is 2.69. The Morgan fingerprint density at radius 2 is 2.00 bits per heavy atom. The van der Waals surface area contributed by atoms with Crippen molar-refractivity contribution in [1.82, 2.24) is 4.90 Å². The Hall–Kier alpha value is -0.730. The summed E-state index contributed by atoms with van der Waals surface area (Å²) >= 11 is 6.11. The van der Waals surface area contributed by atoms with Crippen LogP contribution >= 0.6 is 11.6 Å². The molecule has 2 nitrogen and oxygen atoms in total. The fraction of sp³-hybridized carbons (Fsp3) is 0.538. The van der Waals surface area contributed by atoms with Crippen LogP contribution in [0.15, 0.2) is 18.2 Å². The van der Waals surface area contributed by atoms with E-state index < -0.39 is 0 Å². The molecular weight excluding hydrogens is 220 g/mol. The van der Waals surface area contributed by atoms with Crippen LogP contribution in [0.25, 0.3) is 0 Å². The molecule has 0 unspecified atom stereocenters. The van der Waals surface area contributed by atoms with E-state index in [9.17, 15) is 0 Å². The normalized spacial score (nSPS) is 18.7. The van der Waals surface area contributed by atoms with Crippen LogP contribution in [0.2, 0.25) is 5.02 Å². The molecule has 1 aliphatic rings. The number of piperidine rings is 1. The van der Waals surface area contributed by atoms with Crippen LogP contribution in [-0.4, -0.2) is 31.1 Å². The lowest BCUT2D eigenvalue weighted by Crippen LogP contribution is -2.36. The van der Waals surface area contributed by atoms with Crippen LogP contribution in [-0.2, 0) is 0 Å². The number of rotatable bonds is 2. The fourth-order valence-electron chi connectivity index (χ4n) is 2.14. The van der Waals surface area contributed by atoms with Crippen molar-refractivity contribution in [1.29, 1.82) is 0 Å². The van der Waals surface area contributed by atoms with Gasteiger partial charge in [-0.1, -0.05) is 17.7 Å². The smallest absolute Gasteiger partial charge is 0.0455 e. The number of benzene rings is 1. The van der Waals surface area contributed by atoms with Crippen molar-refractivity contribution in [3.63, 3.8) is 0 Å². The number of nitrogens with one attached hydrogen (secondary N) is 1. The predicted molar refractivity (Wildman–Crippen MR) is 70.3 cm³/mol. The molecule has 1 aliphatic heterocycles. The van der Waals surface area contributed by atoms with Gasteiger partial charge in [0.1, 0.15) is 0 Å². The van der Waals surface area contributed by atoms with Crippen molar-refractivity contribution in [3.05, 3.63) is 28.8 Å². The van der Waals surface area contributed by atoms with E-state index in [0.29, 0.717) is 6.04 Å². The van der Waals surface area contributed by atoms with Crippen LogP contribution in [0.1, 0.15) is 18.4 Å². The van der Waals surface area contributed by atoms with Crippen molar-refractivity contribution in [3.8, 4) is 0 Å². The summed E-state index contributed by atoms with van der Waals surface area (Å²) in [6.45, 7) is 4.42. The van der Waals surface area contributed by atoms with E-state index in [1.807, 2.05) is 12.1 Å². The van der Waals surface area contributed by atoms with E-state index in [1.54, 1.807) is 0 Å². The van der Waals surface area contributed by atoms with E-state index in [4.69, 9.17) is 11.6 Å². The molecule has 0 radical (unpaired) electrons. The second-order valence-corrected chi connectivity index (χ2v) is 5.04. The third-order valence-corrected chi connectivity index (χ3v) is 3.76. The zero-order chi connectivity index (χ0) is 11.5. The predicted octanol–water partition coefficient (Wildman–Crippen LogP) is 3.15. The van der Waals surface area contributed by atoms with Crippen molar-refractivity contribution in [2.75, 3.05) is 25.5 Å². The van der Waals surface area contributed by atoms with Gasteiger partial charge in [-0.05, 0) is 57.6 Å². The molecule has 0 aliphatic carbocycles. The summed E-state index contributed by atoms with van der Waals surface area (Å²) in [5.74, 6) is 0. The molecule has 1 heterocycles. The van der Waals surface area contributed by atoms with Gasteiger partial charge in [0.05, 0.1) is 0 Å². The Labute approximate surface area is 103 Å². The number of halogens is 1. The Bertz CT molecular complexity index is 357. The van der Waals surface area contributed by atoms with Crippen LogP contribution < -0.4 is 5.32 Å². The minimum Gasteiger partial charge on any atom is -0.382 e. The van der Waals surface area contributed by atoms with E-state index >= 15 is 0 Å². The first-order valence-electron chi connectivity index (χ1n) is 5.87. The first-order chi connectivity index (χ1) is 7.66. The minimum atomic E-state index is 0.591. The molecule has 16 heavy (non-hydrogen) atoms. The lowest BCUT2D eigenvalue weighted by molar-refractivity contribution is 0.264. The highest BCUT2D eigenvalue weighted by atomic mass is 35.5. The van der Waals surface area contributed by atoms with E-state index in [2.05, 4.69) is 30.3 Å². The molecular formula is C13H19ClN2. The van der Waals surface area contributed by atoms with Gasteiger partial charge in [0.25, 0.3) is 0 Å². The molecule has 1 aromatic rings. The van der Waals surface area contributed by atoms with Gasteiger partial charge in [0.2, 0.25) is 0 Å². The minimum absolute atomic E-state index is 0.591. The molecule has 1 aromatic carbocycles. The molecule has 1 saturated heterocycles. The van der Waals surface area contributed by atoms with E-state index in [1.165, 1.54) is 31.6 Å². The largest absolute Gasteiger partial charge is 0.382 e. The number of anilines is 1. The Morgan fingerprint density at radius 3 is 2.69 bits per heavy atom. The maximum absolute atomic E-state index is 6.11. The number of hydrogen-bond acceptors (Lipinski definition) is 2. The van der Waals surface area contributed by atoms with Crippen molar-refractivity contribution >= 4 is 17.3 Å². The quantitative estimate of drug-likeness (QED) is 0.852. The Kier molecular flexibility index (Phi) is 3.72. The molecule has 0 saturated carbocycles. The lowest BCUT2D eigenvalue weighted by Gasteiger charge is -2.30. The number of nitrogens with zero attached hydrogens (tertiary/aromatic N) is 1. The van der Waals surface area contributed by atoms with Crippen LogP contribution in [0.4, 0.5) is 5.69 Å². The molecule has 0 atom stereocenters. The summed E-state index contributed by atoms with van der Waals surface area (Å²) in [4.78, 5) is 2.38. The summed E-state index contributed by atoms with van der Waals surface area (Å²) in [5, 5.41) is 4.44. The molecule has 0 spiro atoms. The molecule has 3 heteroatoms. The third-order valence-electron chi connectivity index (χ3n) is 3.35. The zero-order valence-corrected chi connectivity index (χ0v) is 10.7. The summed E-state index contributed by atoms with van der Waals surface area (Å²) in [5.41, 5.74) is 2.34. The van der Waals surface area contributed by atoms with Gasteiger partial charge >= 0.3 is 0 Å². The van der Waals surface area contributed by atoms with Gasteiger partial charge in [0.15, 0.2) is 0 Å². The summed E-state index contributed by atoms with van der Waals surface area (Å²) in [7, 11) is 2.18. The molecule has 88 valence electrons. The fourth-order valence-corrected chi connectivity index (χ4v) is 2.31. The van der Waals surface area contributed by atoms with Crippen LogP contribution in [0.5, 0.6) is 0 Å². The number of hydrogen-bond donors (Lipinski definition) is 1. The van der Waals surface area contributed by atoms with Gasteiger partial charge in [-0.15, -0.1) is 0 Å². The van der Waals surface area contributed by atoms with Crippen LogP contribution in [0, 0.1) is 6.92 Å². The highest BCUT2D eigenvalue weighted by Crippen LogP contribution is 2.25. The SMILES string of the molecule is Cc1c(Cl)cccc1NC1CCN(C)CC1. The second-order valence-electron chi connectivity index (χ2n) is 4.63. The average molecular weight is 239 g/mol. The first-order valence-corrected chi connectivity index (χ1v) is 6.25. The maximum Gasteiger partial charge on any atom is 0.0455 e. The number of likely N-dealkylation sites (tertiary alicyclic amines) is 1. The van der Waals surface area contributed by atoms with E-state index in [-0.39, 0.29) is 0 Å². The van der Waals surface area contributed by atoms with E-state index in [0.717, 1.165) is 10.6 Å². The zero-order valence-electron chi connectivity index (χ0n) is 9.96. The Morgan fingerprint density at radius 1 is 1.31 bits per heavy atom. The van der Waals surface area contributed by atoms with Gasteiger partial charge in [-0.2, -0.15) is 0 Å². The molecule has 1 fully saturated rings. The van der Waals surface area contributed by atoms with Gasteiger partial charge in [0, 0.05) is 16.8 Å². The second kappa shape index (κ2) is 5.07. The topological polar surface area (TPSA) is 15.3 Å².